The molecule has 0 radical (unpaired) electrons. The number of likely N-dealkylation sites (N-methyl/N-ethyl adjacent to an activating group) is 1. The number of esters is 1. The Morgan fingerprint density at radius 1 is 1.02 bits per heavy atom. The van der Waals surface area contributed by atoms with Crippen LogP contribution in [-0.2, 0) is 19.6 Å². The first-order chi connectivity index (χ1) is 19.6. The molecule has 0 fully saturated rings. The number of carbonyl (C=O) groups is 1. The van der Waals surface area contributed by atoms with Crippen LogP contribution in [0.15, 0.2) is 65.7 Å². The third kappa shape index (κ3) is 7.68. The maximum atomic E-state index is 13.8. The number of ether oxygens (including phenoxy) is 1. The first-order valence-electron chi connectivity index (χ1n) is 13.1. The van der Waals surface area contributed by atoms with Gasteiger partial charge in [-0.3, -0.25) is 13.7 Å². The van der Waals surface area contributed by atoms with Crippen molar-refractivity contribution in [2.45, 2.75) is 24.7 Å². The summed E-state index contributed by atoms with van der Waals surface area (Å²) in [7, 11) is -0.233. The lowest BCUT2D eigenvalue weighted by Gasteiger charge is -2.24. The summed E-state index contributed by atoms with van der Waals surface area (Å²) in [6, 6.07) is 14.7. The molecule has 4 aromatic rings. The van der Waals surface area contributed by atoms with E-state index in [4.69, 9.17) is 27.9 Å². The molecule has 218 valence electrons. The van der Waals surface area contributed by atoms with Gasteiger partial charge in [-0.2, -0.15) is 0 Å². The highest BCUT2D eigenvalue weighted by Gasteiger charge is 2.29. The second kappa shape index (κ2) is 13.5. The smallest absolute Gasteiger partial charge is 0.326 e. The number of benzene rings is 2. The van der Waals surface area contributed by atoms with Crippen LogP contribution in [0.4, 0.5) is 11.5 Å². The van der Waals surface area contributed by atoms with Gasteiger partial charge in [0.2, 0.25) is 0 Å². The maximum Gasteiger partial charge on any atom is 0.326 e. The summed E-state index contributed by atoms with van der Waals surface area (Å²) in [5, 5.41) is 12.9. The quantitative estimate of drug-likeness (QED) is 0.160. The van der Waals surface area contributed by atoms with E-state index in [1.54, 1.807) is 18.2 Å². The molecule has 1 N–H and O–H groups in total. The molecule has 10 nitrogen and oxygen atoms in total. The number of unbranched alkanes of at least 4 members (excludes halogenated alkanes) is 1. The van der Waals surface area contributed by atoms with Gasteiger partial charge in [0.25, 0.3) is 10.0 Å². The van der Waals surface area contributed by atoms with Gasteiger partial charge in [-0.05, 0) is 75.1 Å². The molecule has 0 saturated heterocycles. The summed E-state index contributed by atoms with van der Waals surface area (Å²) < 4.78 is 35.7. The number of anilines is 2. The lowest BCUT2D eigenvalue weighted by Crippen LogP contribution is -2.36. The van der Waals surface area contributed by atoms with Crippen molar-refractivity contribution < 1.29 is 17.9 Å². The average Bonchev–Trinajstić information content (AvgIpc) is 3.35. The first-order valence-corrected chi connectivity index (χ1v) is 15.3. The highest BCUT2D eigenvalue weighted by atomic mass is 35.5. The number of nitrogens with zero attached hydrogens (tertiary/aromatic N) is 5. The van der Waals surface area contributed by atoms with Crippen molar-refractivity contribution in [1.29, 1.82) is 0 Å². The van der Waals surface area contributed by atoms with Crippen LogP contribution >= 0.6 is 23.2 Å². The fraction of sp³-hybridized carbons (Fsp3) is 0.321. The van der Waals surface area contributed by atoms with Crippen molar-refractivity contribution in [1.82, 2.24) is 19.7 Å². The average molecular weight is 620 g/mol. The molecule has 0 amide bonds. The number of aromatic nitrogens is 3. The number of carbonyl (C=O) groups excluding carboxylic acids is 1. The van der Waals surface area contributed by atoms with Gasteiger partial charge in [0.05, 0.1) is 22.7 Å². The van der Waals surface area contributed by atoms with E-state index in [2.05, 4.69) is 20.4 Å². The Morgan fingerprint density at radius 3 is 2.44 bits per heavy atom. The molecule has 0 atom stereocenters. The minimum atomic E-state index is -4.23. The van der Waals surface area contributed by atoms with Gasteiger partial charge in [0.1, 0.15) is 12.4 Å². The molecular weight excluding hydrogens is 587 g/mol. The summed E-state index contributed by atoms with van der Waals surface area (Å²) in [6.07, 6.45) is 3.34. The number of halogens is 2. The number of sulfonamides is 1. The SMILES string of the molecule is CCCCOC(=O)CN(c1ccc2c(ccn2-c2ccc(NCCN(C)C)nn2)c1)S(=O)(=O)c1cc(Cl)cc(Cl)c1. The van der Waals surface area contributed by atoms with Crippen molar-refractivity contribution in [2.24, 2.45) is 0 Å². The van der Waals surface area contributed by atoms with Crippen LogP contribution < -0.4 is 9.62 Å². The summed E-state index contributed by atoms with van der Waals surface area (Å²) in [5.74, 6) is 0.605. The van der Waals surface area contributed by atoms with Gasteiger partial charge in [-0.1, -0.05) is 36.5 Å². The summed E-state index contributed by atoms with van der Waals surface area (Å²) >= 11 is 12.2. The summed E-state index contributed by atoms with van der Waals surface area (Å²) in [4.78, 5) is 14.6. The molecular formula is C28H32Cl2N6O4S. The first kappa shape index (κ1) is 30.6. The van der Waals surface area contributed by atoms with Gasteiger partial charge in [-0.25, -0.2) is 8.42 Å². The van der Waals surface area contributed by atoms with Crippen molar-refractivity contribution in [3.05, 3.63) is 70.8 Å². The van der Waals surface area contributed by atoms with E-state index < -0.39 is 22.5 Å². The minimum Gasteiger partial charge on any atom is -0.464 e. The summed E-state index contributed by atoms with van der Waals surface area (Å²) in [5.41, 5.74) is 1.07. The van der Waals surface area contributed by atoms with Crippen LogP contribution in [0.1, 0.15) is 19.8 Å². The number of hydrogen-bond acceptors (Lipinski definition) is 8. The zero-order valence-electron chi connectivity index (χ0n) is 23.0. The number of fused-ring (bicyclic) bond motifs is 1. The van der Waals surface area contributed by atoms with E-state index in [0.717, 1.165) is 34.7 Å². The molecule has 41 heavy (non-hydrogen) atoms. The molecule has 0 unspecified atom stereocenters. The molecule has 0 saturated carbocycles. The Labute approximate surface area is 249 Å². The predicted molar refractivity (Wildman–Crippen MR) is 163 cm³/mol. The lowest BCUT2D eigenvalue weighted by molar-refractivity contribution is -0.141. The van der Waals surface area contributed by atoms with E-state index in [1.807, 2.05) is 50.0 Å². The van der Waals surface area contributed by atoms with Crippen LogP contribution in [0, 0.1) is 0 Å². The van der Waals surface area contributed by atoms with Crippen molar-refractivity contribution in [3.8, 4) is 5.82 Å². The van der Waals surface area contributed by atoms with E-state index in [0.29, 0.717) is 18.1 Å². The second-order valence-corrected chi connectivity index (χ2v) is 12.4. The number of nitrogens with one attached hydrogen (secondary N) is 1. The Morgan fingerprint density at radius 2 is 1.78 bits per heavy atom. The molecule has 2 aromatic carbocycles. The predicted octanol–water partition coefficient (Wildman–Crippen LogP) is 5.24. The normalized spacial score (nSPS) is 11.7. The molecule has 2 aromatic heterocycles. The second-order valence-electron chi connectivity index (χ2n) is 9.63. The Kier molecular flexibility index (Phi) is 10.1. The van der Waals surface area contributed by atoms with Crippen molar-refractivity contribution in [3.63, 3.8) is 0 Å². The van der Waals surface area contributed by atoms with E-state index in [1.165, 1.54) is 18.2 Å². The molecule has 0 spiro atoms. The highest BCUT2D eigenvalue weighted by molar-refractivity contribution is 7.92. The number of hydrogen-bond donors (Lipinski definition) is 1. The third-order valence-corrected chi connectivity index (χ3v) is 8.37. The standard InChI is InChI=1S/C28H32Cl2N6O4S/c1-4-5-14-40-28(37)19-36(41(38,39)24-17-21(29)16-22(30)18-24)23-6-7-25-20(15-23)10-12-35(25)27-9-8-26(32-33-27)31-11-13-34(2)3/h6-10,12,15-18H,4-5,11,13-14,19H2,1-3H3,(H,31,32). The van der Waals surface area contributed by atoms with E-state index >= 15 is 0 Å². The molecule has 0 aliphatic rings. The summed E-state index contributed by atoms with van der Waals surface area (Å²) in [6.45, 7) is 3.26. The van der Waals surface area contributed by atoms with Gasteiger partial charge in [0, 0.05) is 34.7 Å². The molecule has 0 bridgehead atoms. The van der Waals surface area contributed by atoms with Crippen LogP contribution in [0.2, 0.25) is 10.0 Å². The number of rotatable bonds is 13. The largest absolute Gasteiger partial charge is 0.464 e. The molecule has 13 heteroatoms. The molecule has 2 heterocycles. The highest BCUT2D eigenvalue weighted by Crippen LogP contribution is 2.31. The molecule has 0 aliphatic heterocycles. The molecule has 0 aliphatic carbocycles. The van der Waals surface area contributed by atoms with Gasteiger partial charge >= 0.3 is 5.97 Å². The fourth-order valence-corrected chi connectivity index (χ4v) is 6.18. The van der Waals surface area contributed by atoms with Gasteiger partial charge in [0.15, 0.2) is 5.82 Å². The zero-order chi connectivity index (χ0) is 29.6. The topological polar surface area (TPSA) is 110 Å². The van der Waals surface area contributed by atoms with Crippen LogP contribution in [0.5, 0.6) is 0 Å². The van der Waals surface area contributed by atoms with E-state index in [9.17, 15) is 13.2 Å². The Balaban J connectivity index is 1.65. The van der Waals surface area contributed by atoms with Gasteiger partial charge in [-0.15, -0.1) is 10.2 Å². The monoisotopic (exact) mass is 618 g/mol. The Hall–Kier alpha value is -3.38. The third-order valence-electron chi connectivity index (χ3n) is 6.18. The van der Waals surface area contributed by atoms with Crippen LogP contribution in [0.25, 0.3) is 16.7 Å². The van der Waals surface area contributed by atoms with Crippen molar-refractivity contribution >= 4 is 61.6 Å². The van der Waals surface area contributed by atoms with Crippen LogP contribution in [0.3, 0.4) is 0 Å². The minimum absolute atomic E-state index is 0.136. The molecule has 4 rings (SSSR count). The Bertz CT molecular complexity index is 1590. The fourth-order valence-electron chi connectivity index (χ4n) is 4.05. The van der Waals surface area contributed by atoms with Gasteiger partial charge < -0.3 is 15.0 Å². The van der Waals surface area contributed by atoms with Crippen LogP contribution in [-0.4, -0.2) is 74.4 Å². The zero-order valence-corrected chi connectivity index (χ0v) is 25.4. The lowest BCUT2D eigenvalue weighted by atomic mass is 10.2. The van der Waals surface area contributed by atoms with Crippen molar-refractivity contribution in [2.75, 3.05) is 50.0 Å². The van der Waals surface area contributed by atoms with E-state index in [-0.39, 0.29) is 27.2 Å². The maximum absolute atomic E-state index is 13.8.